The molecule has 0 radical (unpaired) electrons. The van der Waals surface area contributed by atoms with E-state index in [0.29, 0.717) is 17.5 Å². The number of aryl methyl sites for hydroxylation is 1. The third-order valence-electron chi connectivity index (χ3n) is 7.12. The quantitative estimate of drug-likeness (QED) is 0.231. The molecule has 0 saturated heterocycles. The lowest BCUT2D eigenvalue weighted by atomic mass is 10.1. The van der Waals surface area contributed by atoms with Crippen molar-refractivity contribution in [1.29, 1.82) is 0 Å². The van der Waals surface area contributed by atoms with Crippen molar-refractivity contribution in [3.05, 3.63) is 115 Å². The minimum Gasteiger partial charge on any atom is -0.455 e. The van der Waals surface area contributed by atoms with Gasteiger partial charge in [0, 0.05) is 50.5 Å². The Kier molecular flexibility index (Phi) is 4.94. The maximum absolute atomic E-state index is 6.22. The summed E-state index contributed by atoms with van der Waals surface area (Å²) in [5.74, 6) is 0.878. The predicted molar refractivity (Wildman–Crippen MR) is 157 cm³/mol. The van der Waals surface area contributed by atoms with Crippen molar-refractivity contribution in [2.24, 2.45) is 0 Å². The van der Waals surface area contributed by atoms with Gasteiger partial charge in [-0.15, -0.1) is 0 Å². The molecule has 8 aromatic rings. The molecule has 0 spiro atoms. The maximum Gasteiger partial charge on any atom is 0.227 e. The van der Waals surface area contributed by atoms with E-state index in [0.717, 1.165) is 66.5 Å². The van der Waals surface area contributed by atoms with Crippen LogP contribution in [0.5, 0.6) is 11.8 Å². The van der Waals surface area contributed by atoms with Gasteiger partial charge in [0.05, 0.1) is 11.4 Å². The minimum absolute atomic E-state index is 0.436. The van der Waals surface area contributed by atoms with E-state index in [9.17, 15) is 0 Å². The van der Waals surface area contributed by atoms with Gasteiger partial charge in [0.2, 0.25) is 17.5 Å². The highest BCUT2D eigenvalue weighted by Crippen LogP contribution is 2.37. The largest absolute Gasteiger partial charge is 0.455 e. The van der Waals surface area contributed by atoms with Crippen molar-refractivity contribution in [2.45, 2.75) is 6.92 Å². The molecule has 0 aliphatic carbocycles. The zero-order valence-corrected chi connectivity index (χ0v) is 21.5. The highest BCUT2D eigenvalue weighted by molar-refractivity contribution is 6.09. The smallest absolute Gasteiger partial charge is 0.227 e. The summed E-state index contributed by atoms with van der Waals surface area (Å²) in [4.78, 5) is 14.2. The monoisotopic (exact) mass is 519 g/mol. The number of ether oxygens (including phenoxy) is 1. The molecule has 0 atom stereocenters. The van der Waals surface area contributed by atoms with Gasteiger partial charge in [0.1, 0.15) is 16.7 Å². The highest BCUT2D eigenvalue weighted by Gasteiger charge is 2.16. The normalized spacial score (nSPS) is 11.6. The van der Waals surface area contributed by atoms with E-state index < -0.39 is 0 Å². The minimum atomic E-state index is 0.436. The van der Waals surface area contributed by atoms with Gasteiger partial charge in [-0.2, -0.15) is 0 Å². The number of aromatic nitrogens is 3. The lowest BCUT2D eigenvalue weighted by Crippen LogP contribution is -1.94. The third kappa shape index (κ3) is 3.61. The van der Waals surface area contributed by atoms with Crippen LogP contribution in [-0.4, -0.2) is 15.0 Å². The van der Waals surface area contributed by atoms with E-state index in [1.165, 1.54) is 0 Å². The van der Waals surface area contributed by atoms with Crippen molar-refractivity contribution >= 4 is 44.0 Å². The van der Waals surface area contributed by atoms with E-state index >= 15 is 0 Å². The summed E-state index contributed by atoms with van der Waals surface area (Å²) in [7, 11) is 0. The Morgan fingerprint density at radius 2 is 1.10 bits per heavy atom. The van der Waals surface area contributed by atoms with Crippen LogP contribution in [0.25, 0.3) is 66.5 Å². The fourth-order valence-corrected chi connectivity index (χ4v) is 5.27. The first-order chi connectivity index (χ1) is 19.7. The zero-order valence-electron chi connectivity index (χ0n) is 21.5. The van der Waals surface area contributed by atoms with E-state index in [1.54, 1.807) is 0 Å². The Hall–Kier alpha value is -5.49. The van der Waals surface area contributed by atoms with Crippen LogP contribution in [0.1, 0.15) is 5.69 Å². The zero-order chi connectivity index (χ0) is 26.6. The number of furan rings is 2. The molecule has 0 unspecified atom stereocenters. The number of para-hydroxylation sites is 3. The van der Waals surface area contributed by atoms with Gasteiger partial charge in [0.25, 0.3) is 0 Å². The number of nitrogens with zero attached hydrogens (tertiary/aromatic N) is 3. The van der Waals surface area contributed by atoms with Gasteiger partial charge in [-0.25, -0.2) is 15.0 Å². The molecule has 0 bridgehead atoms. The summed E-state index contributed by atoms with van der Waals surface area (Å²) in [6.07, 6.45) is 0. The summed E-state index contributed by atoms with van der Waals surface area (Å²) >= 11 is 0. The lowest BCUT2D eigenvalue weighted by molar-refractivity contribution is 0.446. The molecule has 3 aromatic carbocycles. The fourth-order valence-electron chi connectivity index (χ4n) is 5.27. The molecule has 5 aromatic heterocycles. The second-order valence-electron chi connectivity index (χ2n) is 9.69. The molecule has 0 fully saturated rings. The Morgan fingerprint density at radius 3 is 1.82 bits per heavy atom. The summed E-state index contributed by atoms with van der Waals surface area (Å²) < 4.78 is 18.6. The number of rotatable bonds is 4. The lowest BCUT2D eigenvalue weighted by Gasteiger charge is -2.08. The van der Waals surface area contributed by atoms with Crippen molar-refractivity contribution < 1.29 is 13.6 Å². The Balaban J connectivity index is 1.17. The molecule has 6 nitrogen and oxygen atoms in total. The van der Waals surface area contributed by atoms with E-state index in [1.807, 2.05) is 104 Å². The molecule has 0 saturated carbocycles. The summed E-state index contributed by atoms with van der Waals surface area (Å²) in [6.45, 7) is 1.95. The molecule has 0 aliphatic heterocycles. The predicted octanol–water partition coefficient (Wildman–Crippen LogP) is 9.11. The van der Waals surface area contributed by atoms with Gasteiger partial charge in [0.15, 0.2) is 0 Å². The molecule has 0 aliphatic rings. The van der Waals surface area contributed by atoms with Crippen molar-refractivity contribution in [1.82, 2.24) is 15.0 Å². The molecule has 8 rings (SSSR count). The van der Waals surface area contributed by atoms with E-state index in [4.69, 9.17) is 23.5 Å². The van der Waals surface area contributed by atoms with Crippen LogP contribution in [-0.2, 0) is 0 Å². The number of benzene rings is 3. The molecule has 5 heterocycles. The van der Waals surface area contributed by atoms with Crippen LogP contribution >= 0.6 is 0 Å². The maximum atomic E-state index is 6.22. The number of hydrogen-bond acceptors (Lipinski definition) is 6. The van der Waals surface area contributed by atoms with Gasteiger partial charge in [-0.1, -0.05) is 54.6 Å². The van der Waals surface area contributed by atoms with Gasteiger partial charge < -0.3 is 13.6 Å². The average molecular weight is 520 g/mol. The molecular formula is C34H21N3O3. The van der Waals surface area contributed by atoms with Crippen molar-refractivity contribution in [3.63, 3.8) is 0 Å². The van der Waals surface area contributed by atoms with Gasteiger partial charge in [-0.3, -0.25) is 0 Å². The highest BCUT2D eigenvalue weighted by atomic mass is 16.5. The summed E-state index contributed by atoms with van der Waals surface area (Å²) in [5.41, 5.74) is 7.21. The van der Waals surface area contributed by atoms with Crippen LogP contribution in [0.4, 0.5) is 0 Å². The molecule has 0 N–H and O–H groups in total. The van der Waals surface area contributed by atoms with Crippen LogP contribution < -0.4 is 4.74 Å². The average Bonchev–Trinajstić information content (AvgIpc) is 3.55. The van der Waals surface area contributed by atoms with Crippen LogP contribution in [0, 0.1) is 6.92 Å². The van der Waals surface area contributed by atoms with Gasteiger partial charge >= 0.3 is 0 Å². The second kappa shape index (κ2) is 8.78. The van der Waals surface area contributed by atoms with Gasteiger partial charge in [-0.05, 0) is 49.4 Å². The van der Waals surface area contributed by atoms with Crippen LogP contribution in [0.2, 0.25) is 0 Å². The first kappa shape index (κ1) is 22.5. The standard InChI is InChI=1S/C34H21N3O3/c1-20-18-19-24-23-10-5-12-26(33(23)40-34(24)35-20)28-14-7-17-31(37-28)39-30-16-6-13-27(36-30)25-11-4-9-22-21-8-2-3-15-29(21)38-32(22)25/h2-19H,1H3. The van der Waals surface area contributed by atoms with Crippen LogP contribution in [0.3, 0.4) is 0 Å². The molecular weight excluding hydrogens is 498 g/mol. The number of hydrogen-bond donors (Lipinski definition) is 0. The molecule has 40 heavy (non-hydrogen) atoms. The molecule has 6 heteroatoms. The van der Waals surface area contributed by atoms with Crippen molar-refractivity contribution in [3.8, 4) is 34.3 Å². The number of fused-ring (bicyclic) bond motifs is 6. The Labute approximate surface area is 228 Å². The SMILES string of the molecule is Cc1ccc2c(n1)oc1c(-c3cccc(Oc4cccc(-c5cccc6c5oc5ccccc56)n4)n3)cccc12. The first-order valence-corrected chi connectivity index (χ1v) is 13.0. The summed E-state index contributed by atoms with van der Waals surface area (Å²) in [5, 5.41) is 4.12. The molecule has 190 valence electrons. The topological polar surface area (TPSA) is 74.2 Å². The number of pyridine rings is 3. The Bertz CT molecular complexity index is 2230. The van der Waals surface area contributed by atoms with E-state index in [2.05, 4.69) is 17.1 Å². The van der Waals surface area contributed by atoms with E-state index in [-0.39, 0.29) is 0 Å². The van der Waals surface area contributed by atoms with Crippen LogP contribution in [0.15, 0.2) is 118 Å². The third-order valence-corrected chi connectivity index (χ3v) is 7.12. The fraction of sp³-hybridized carbons (Fsp3) is 0.0294. The molecule has 0 amide bonds. The van der Waals surface area contributed by atoms with Crippen molar-refractivity contribution in [2.75, 3.05) is 0 Å². The first-order valence-electron chi connectivity index (χ1n) is 13.0. The Morgan fingerprint density at radius 1 is 0.500 bits per heavy atom. The summed E-state index contributed by atoms with van der Waals surface area (Å²) in [6, 6.07) is 35.6. The second-order valence-corrected chi connectivity index (χ2v) is 9.69.